The summed E-state index contributed by atoms with van der Waals surface area (Å²) in [6, 6.07) is 6.01. The Balaban J connectivity index is 1.48. The van der Waals surface area contributed by atoms with Crippen LogP contribution in [-0.2, 0) is 17.8 Å². The molecule has 2 aromatic rings. The zero-order valence-electron chi connectivity index (χ0n) is 16.2. The smallest absolute Gasteiger partial charge is 0.223 e. The summed E-state index contributed by atoms with van der Waals surface area (Å²) in [6.45, 7) is 4.21. The Bertz CT molecular complexity index is 760. The van der Waals surface area contributed by atoms with Gasteiger partial charge in [-0.3, -0.25) is 9.69 Å². The Kier molecular flexibility index (Phi) is 6.45. The predicted octanol–water partition coefficient (Wildman–Crippen LogP) is 2.41. The van der Waals surface area contributed by atoms with Crippen molar-refractivity contribution in [1.82, 2.24) is 19.8 Å². The molecule has 27 heavy (non-hydrogen) atoms. The second kappa shape index (κ2) is 8.99. The van der Waals surface area contributed by atoms with Crippen molar-refractivity contribution >= 4 is 11.7 Å². The van der Waals surface area contributed by atoms with Crippen LogP contribution in [0.1, 0.15) is 43.0 Å². The van der Waals surface area contributed by atoms with Crippen LogP contribution < -0.4 is 5.73 Å². The third-order valence-corrected chi connectivity index (χ3v) is 5.17. The first-order valence-corrected chi connectivity index (χ1v) is 9.62. The summed E-state index contributed by atoms with van der Waals surface area (Å²) in [5.41, 5.74) is 5.74. The number of nitrogen functional groups attached to an aromatic ring is 1. The van der Waals surface area contributed by atoms with Gasteiger partial charge in [0.2, 0.25) is 5.91 Å². The van der Waals surface area contributed by atoms with Gasteiger partial charge in [-0.25, -0.2) is 9.97 Å². The van der Waals surface area contributed by atoms with E-state index in [-0.39, 0.29) is 5.91 Å². The molecule has 146 valence electrons. The number of carbonyl (C=O) groups is 1. The molecule has 1 fully saturated rings. The summed E-state index contributed by atoms with van der Waals surface area (Å²) < 4.78 is 5.56. The first-order valence-electron chi connectivity index (χ1n) is 9.62. The van der Waals surface area contributed by atoms with Crippen LogP contribution >= 0.6 is 0 Å². The SMILES string of the molecule is Cc1ccc(CCC(=O)N2CCC[C@@H](N(C)Cc3nccc(N)n3)CC2)o1. The van der Waals surface area contributed by atoms with Crippen LogP contribution in [0.4, 0.5) is 5.82 Å². The van der Waals surface area contributed by atoms with Gasteiger partial charge in [0.25, 0.3) is 0 Å². The van der Waals surface area contributed by atoms with Gasteiger partial charge in [0.15, 0.2) is 0 Å². The van der Waals surface area contributed by atoms with Crippen LogP contribution in [0.2, 0.25) is 0 Å². The lowest BCUT2D eigenvalue weighted by Crippen LogP contribution is -2.35. The van der Waals surface area contributed by atoms with Crippen molar-refractivity contribution in [1.29, 1.82) is 0 Å². The molecule has 1 atom stereocenters. The molecular weight excluding hydrogens is 342 g/mol. The number of nitrogens with two attached hydrogens (primary N) is 1. The highest BCUT2D eigenvalue weighted by molar-refractivity contribution is 5.76. The van der Waals surface area contributed by atoms with Crippen molar-refractivity contribution in [3.8, 4) is 0 Å². The molecule has 7 heteroatoms. The molecule has 3 rings (SSSR count). The molecule has 3 heterocycles. The Labute approximate surface area is 160 Å². The average Bonchev–Trinajstić information content (AvgIpc) is 2.90. The number of hydrogen-bond donors (Lipinski definition) is 1. The molecule has 2 N–H and O–H groups in total. The number of furan rings is 1. The lowest BCUT2D eigenvalue weighted by molar-refractivity contribution is -0.131. The number of likely N-dealkylation sites (tertiary alicyclic amines) is 1. The van der Waals surface area contributed by atoms with Crippen molar-refractivity contribution in [2.75, 3.05) is 25.9 Å². The molecule has 1 aliphatic rings. The van der Waals surface area contributed by atoms with Gasteiger partial charge < -0.3 is 15.1 Å². The lowest BCUT2D eigenvalue weighted by Gasteiger charge is -2.26. The monoisotopic (exact) mass is 371 g/mol. The van der Waals surface area contributed by atoms with Gasteiger partial charge in [-0.1, -0.05) is 0 Å². The minimum absolute atomic E-state index is 0.214. The molecule has 0 spiro atoms. The number of anilines is 1. The van der Waals surface area contributed by atoms with Crippen LogP contribution in [-0.4, -0.2) is 51.9 Å². The minimum Gasteiger partial charge on any atom is -0.466 e. The number of carbonyl (C=O) groups excluding carboxylic acids is 1. The number of rotatable bonds is 6. The van der Waals surface area contributed by atoms with Crippen molar-refractivity contribution in [3.05, 3.63) is 41.7 Å². The van der Waals surface area contributed by atoms with Crippen molar-refractivity contribution in [2.45, 2.75) is 51.6 Å². The van der Waals surface area contributed by atoms with E-state index >= 15 is 0 Å². The van der Waals surface area contributed by atoms with E-state index in [1.165, 1.54) is 0 Å². The summed E-state index contributed by atoms with van der Waals surface area (Å²) in [7, 11) is 2.09. The van der Waals surface area contributed by atoms with Gasteiger partial charge in [-0.05, 0) is 51.4 Å². The maximum Gasteiger partial charge on any atom is 0.223 e. The molecule has 0 unspecified atom stereocenters. The number of amides is 1. The molecule has 0 aliphatic carbocycles. The summed E-state index contributed by atoms with van der Waals surface area (Å²) in [6.07, 6.45) is 5.91. The average molecular weight is 371 g/mol. The second-order valence-electron chi connectivity index (χ2n) is 7.29. The molecule has 0 saturated carbocycles. The van der Waals surface area contributed by atoms with E-state index < -0.39 is 0 Å². The maximum atomic E-state index is 12.6. The normalized spacial score (nSPS) is 17.9. The lowest BCUT2D eigenvalue weighted by atomic mass is 10.1. The standard InChI is InChI=1S/C20H29N5O2/c1-15-5-6-17(27-15)7-8-20(26)25-12-3-4-16(10-13-25)24(2)14-19-22-11-9-18(21)23-19/h5-6,9,11,16H,3-4,7-8,10,12-14H2,1-2H3,(H2,21,22,23)/t16-/m1/s1. The van der Waals surface area contributed by atoms with Gasteiger partial charge in [-0.2, -0.15) is 0 Å². The highest BCUT2D eigenvalue weighted by atomic mass is 16.3. The Morgan fingerprint density at radius 1 is 1.33 bits per heavy atom. The number of aromatic nitrogens is 2. The fourth-order valence-electron chi connectivity index (χ4n) is 3.62. The Morgan fingerprint density at radius 2 is 2.19 bits per heavy atom. The summed E-state index contributed by atoms with van der Waals surface area (Å²) in [4.78, 5) is 25.4. The van der Waals surface area contributed by atoms with Gasteiger partial charge >= 0.3 is 0 Å². The summed E-state index contributed by atoms with van der Waals surface area (Å²) in [5.74, 6) is 3.23. The molecular formula is C20H29N5O2. The largest absolute Gasteiger partial charge is 0.466 e. The van der Waals surface area contributed by atoms with Gasteiger partial charge in [0, 0.05) is 38.2 Å². The first-order chi connectivity index (χ1) is 13.0. The number of hydrogen-bond acceptors (Lipinski definition) is 6. The van der Waals surface area contributed by atoms with Crippen molar-refractivity contribution in [3.63, 3.8) is 0 Å². The predicted molar refractivity (Wildman–Crippen MR) is 104 cm³/mol. The third-order valence-electron chi connectivity index (χ3n) is 5.17. The van der Waals surface area contributed by atoms with E-state index in [9.17, 15) is 4.79 Å². The van der Waals surface area contributed by atoms with E-state index in [0.29, 0.717) is 31.2 Å². The van der Waals surface area contributed by atoms with E-state index in [1.807, 2.05) is 24.0 Å². The fourth-order valence-corrected chi connectivity index (χ4v) is 3.62. The van der Waals surface area contributed by atoms with E-state index in [4.69, 9.17) is 10.2 Å². The van der Waals surface area contributed by atoms with Crippen LogP contribution in [0.15, 0.2) is 28.8 Å². The molecule has 0 aromatic carbocycles. The second-order valence-corrected chi connectivity index (χ2v) is 7.29. The zero-order chi connectivity index (χ0) is 19.2. The van der Waals surface area contributed by atoms with E-state index in [0.717, 1.165) is 49.7 Å². The van der Waals surface area contributed by atoms with E-state index in [1.54, 1.807) is 12.3 Å². The maximum absolute atomic E-state index is 12.6. The molecule has 2 aromatic heterocycles. The van der Waals surface area contributed by atoms with Crippen LogP contribution in [0.3, 0.4) is 0 Å². The van der Waals surface area contributed by atoms with Crippen LogP contribution in [0, 0.1) is 6.92 Å². The topological polar surface area (TPSA) is 88.5 Å². The van der Waals surface area contributed by atoms with Gasteiger partial charge in [-0.15, -0.1) is 0 Å². The summed E-state index contributed by atoms with van der Waals surface area (Å²) in [5, 5.41) is 0. The molecule has 0 radical (unpaired) electrons. The quantitative estimate of drug-likeness (QED) is 0.839. The van der Waals surface area contributed by atoms with Crippen molar-refractivity contribution < 1.29 is 9.21 Å². The van der Waals surface area contributed by atoms with Crippen LogP contribution in [0.25, 0.3) is 0 Å². The van der Waals surface area contributed by atoms with Crippen LogP contribution in [0.5, 0.6) is 0 Å². The Morgan fingerprint density at radius 3 is 2.93 bits per heavy atom. The molecule has 1 amide bonds. The van der Waals surface area contributed by atoms with Gasteiger partial charge in [0.1, 0.15) is 23.2 Å². The highest BCUT2D eigenvalue weighted by Gasteiger charge is 2.23. The molecule has 1 saturated heterocycles. The number of nitrogens with zero attached hydrogens (tertiary/aromatic N) is 4. The third kappa shape index (κ3) is 5.53. The molecule has 0 bridgehead atoms. The molecule has 1 aliphatic heterocycles. The highest BCUT2D eigenvalue weighted by Crippen LogP contribution is 2.18. The zero-order valence-corrected chi connectivity index (χ0v) is 16.2. The fraction of sp³-hybridized carbons (Fsp3) is 0.550. The van der Waals surface area contributed by atoms with Gasteiger partial charge in [0.05, 0.1) is 6.54 Å². The molecule has 7 nitrogen and oxygen atoms in total. The Hall–Kier alpha value is -2.41. The summed E-state index contributed by atoms with van der Waals surface area (Å²) >= 11 is 0. The van der Waals surface area contributed by atoms with E-state index in [2.05, 4.69) is 21.9 Å². The number of aryl methyl sites for hydroxylation is 2. The first kappa shape index (κ1) is 19.4. The minimum atomic E-state index is 0.214. The van der Waals surface area contributed by atoms with Crippen molar-refractivity contribution in [2.24, 2.45) is 0 Å².